The molecule has 1 aliphatic carbocycles. The zero-order valence-electron chi connectivity index (χ0n) is 18.1. The first kappa shape index (κ1) is 20.8. The van der Waals surface area contributed by atoms with Crippen LogP contribution in [0.5, 0.6) is 5.88 Å². The van der Waals surface area contributed by atoms with Crippen molar-refractivity contribution in [1.82, 2.24) is 9.97 Å². The van der Waals surface area contributed by atoms with E-state index in [1.807, 2.05) is 13.0 Å². The summed E-state index contributed by atoms with van der Waals surface area (Å²) in [4.78, 5) is 32.6. The predicted molar refractivity (Wildman–Crippen MR) is 122 cm³/mol. The fraction of sp³-hybridized carbons (Fsp3) is 0.240. The van der Waals surface area contributed by atoms with Gasteiger partial charge < -0.3 is 9.15 Å². The lowest BCUT2D eigenvalue weighted by Crippen LogP contribution is -2.25. The molecular weight excluding hydrogens is 422 g/mol. The second-order valence-corrected chi connectivity index (χ2v) is 8.18. The number of nitro groups is 1. The van der Waals surface area contributed by atoms with Crippen LogP contribution >= 0.6 is 0 Å². The van der Waals surface area contributed by atoms with E-state index in [1.165, 1.54) is 12.1 Å². The van der Waals surface area contributed by atoms with Crippen LogP contribution in [0.15, 0.2) is 63.8 Å². The number of hydrogen-bond acceptors (Lipinski definition) is 7. The van der Waals surface area contributed by atoms with Gasteiger partial charge in [0, 0.05) is 29.7 Å². The molecule has 0 fully saturated rings. The maximum Gasteiger partial charge on any atom is 0.269 e. The van der Waals surface area contributed by atoms with Gasteiger partial charge in [0.05, 0.1) is 23.1 Å². The average Bonchev–Trinajstić information content (AvgIpc) is 2.82. The van der Waals surface area contributed by atoms with Crippen LogP contribution in [0.1, 0.15) is 40.2 Å². The molecule has 0 bridgehead atoms. The van der Waals surface area contributed by atoms with Crippen molar-refractivity contribution in [3.8, 4) is 5.88 Å². The third-order valence-electron chi connectivity index (χ3n) is 6.23. The van der Waals surface area contributed by atoms with Crippen LogP contribution in [-0.2, 0) is 12.8 Å². The molecule has 2 aromatic carbocycles. The van der Waals surface area contributed by atoms with Crippen LogP contribution in [0.25, 0.3) is 11.0 Å². The van der Waals surface area contributed by atoms with Gasteiger partial charge in [0.25, 0.3) is 5.69 Å². The second-order valence-electron chi connectivity index (χ2n) is 8.18. The van der Waals surface area contributed by atoms with Crippen LogP contribution in [0.4, 0.5) is 5.69 Å². The number of non-ortho nitro benzene ring substituents is 1. The number of nitrogens with zero attached hydrogens (tertiary/aromatic N) is 3. The third kappa shape index (κ3) is 3.73. The Hall–Kier alpha value is -4.07. The largest absolute Gasteiger partial charge is 0.481 e. The van der Waals surface area contributed by atoms with Crippen molar-refractivity contribution in [3.05, 3.63) is 103 Å². The van der Waals surface area contributed by atoms with Gasteiger partial charge in [0.1, 0.15) is 17.2 Å². The molecule has 0 N–H and O–H groups in total. The lowest BCUT2D eigenvalue weighted by molar-refractivity contribution is -0.384. The summed E-state index contributed by atoms with van der Waals surface area (Å²) in [6.07, 6.45) is 1.08. The Morgan fingerprint density at radius 2 is 1.82 bits per heavy atom. The van der Waals surface area contributed by atoms with E-state index in [-0.39, 0.29) is 23.0 Å². The molecule has 2 aromatic heterocycles. The van der Waals surface area contributed by atoms with E-state index >= 15 is 0 Å². The van der Waals surface area contributed by atoms with Crippen molar-refractivity contribution in [2.75, 3.05) is 7.11 Å². The number of rotatable bonds is 4. The number of hydrogen-bond donors (Lipinski definition) is 0. The van der Waals surface area contributed by atoms with Gasteiger partial charge in [-0.25, -0.2) is 4.98 Å². The first-order chi connectivity index (χ1) is 15.9. The predicted octanol–water partition coefficient (Wildman–Crippen LogP) is 4.47. The zero-order chi connectivity index (χ0) is 23.1. The molecule has 8 nitrogen and oxygen atoms in total. The highest BCUT2D eigenvalue weighted by molar-refractivity contribution is 5.76. The lowest BCUT2D eigenvalue weighted by Gasteiger charge is -2.32. The van der Waals surface area contributed by atoms with Gasteiger partial charge in [-0.3, -0.25) is 14.9 Å². The van der Waals surface area contributed by atoms with Crippen molar-refractivity contribution in [2.45, 2.75) is 31.6 Å². The molecule has 5 rings (SSSR count). The van der Waals surface area contributed by atoms with Gasteiger partial charge in [-0.2, -0.15) is 4.98 Å². The van der Waals surface area contributed by atoms with E-state index < -0.39 is 4.92 Å². The van der Waals surface area contributed by atoms with Crippen molar-refractivity contribution in [2.24, 2.45) is 0 Å². The first-order valence-corrected chi connectivity index (χ1v) is 10.6. The minimum Gasteiger partial charge on any atom is -0.481 e. The van der Waals surface area contributed by atoms with Crippen molar-refractivity contribution >= 4 is 16.7 Å². The van der Waals surface area contributed by atoms with Gasteiger partial charge in [0.15, 0.2) is 5.43 Å². The topological polar surface area (TPSA) is 108 Å². The number of nitro benzene ring substituents is 1. The molecule has 0 spiro atoms. The van der Waals surface area contributed by atoms with Crippen LogP contribution in [0, 0.1) is 17.0 Å². The molecule has 166 valence electrons. The molecule has 1 aliphatic rings. The Kier molecular flexibility index (Phi) is 5.12. The Bertz CT molecular complexity index is 1430. The fourth-order valence-electron chi connectivity index (χ4n) is 4.68. The summed E-state index contributed by atoms with van der Waals surface area (Å²) in [6, 6.07) is 15.3. The van der Waals surface area contributed by atoms with E-state index in [9.17, 15) is 14.9 Å². The Labute approximate surface area is 189 Å². The quantitative estimate of drug-likeness (QED) is 0.338. The van der Waals surface area contributed by atoms with E-state index in [4.69, 9.17) is 9.15 Å². The smallest absolute Gasteiger partial charge is 0.269 e. The number of para-hydroxylation sites is 1. The number of aryl methyl sites for hydroxylation is 1. The molecule has 0 amide bonds. The van der Waals surface area contributed by atoms with Gasteiger partial charge in [-0.1, -0.05) is 24.3 Å². The summed E-state index contributed by atoms with van der Waals surface area (Å²) in [6.45, 7) is 1.82. The summed E-state index contributed by atoms with van der Waals surface area (Å²) in [5, 5.41) is 11.7. The fourth-order valence-corrected chi connectivity index (χ4v) is 4.68. The van der Waals surface area contributed by atoms with Gasteiger partial charge >= 0.3 is 0 Å². The number of ether oxygens (including phenoxy) is 1. The minimum absolute atomic E-state index is 0.0311. The minimum atomic E-state index is -0.415. The third-order valence-corrected chi connectivity index (χ3v) is 6.23. The number of benzene rings is 2. The van der Waals surface area contributed by atoms with E-state index in [2.05, 4.69) is 9.97 Å². The molecule has 0 saturated carbocycles. The van der Waals surface area contributed by atoms with Crippen molar-refractivity contribution in [3.63, 3.8) is 0 Å². The van der Waals surface area contributed by atoms with Gasteiger partial charge in [-0.15, -0.1) is 0 Å². The molecule has 8 heteroatoms. The molecule has 2 unspecified atom stereocenters. The first-order valence-electron chi connectivity index (χ1n) is 10.6. The van der Waals surface area contributed by atoms with Crippen LogP contribution in [0.2, 0.25) is 0 Å². The molecule has 0 aliphatic heterocycles. The highest BCUT2D eigenvalue weighted by Crippen LogP contribution is 2.44. The monoisotopic (exact) mass is 443 g/mol. The van der Waals surface area contributed by atoms with Crippen LogP contribution in [0.3, 0.4) is 0 Å². The molecule has 4 aromatic rings. The molecule has 0 saturated heterocycles. The number of methoxy groups -OCH3 is 1. The SMILES string of the molecule is COc1nc(C)nc2c1CC(c1cc(=O)c3ccccc3o1)C(c1ccc([N+](=O)[O-])cc1)C2. The Morgan fingerprint density at radius 1 is 1.06 bits per heavy atom. The van der Waals surface area contributed by atoms with E-state index in [0.29, 0.717) is 41.3 Å². The standard InChI is InChI=1S/C25H21N3O5/c1-14-26-21-12-18(15-7-9-16(10-8-15)28(30)31)19(11-20(21)25(27-14)32-2)24-13-22(29)17-5-3-4-6-23(17)33-24/h3-10,13,18-19H,11-12H2,1-2H3. The van der Waals surface area contributed by atoms with Gasteiger partial charge in [-0.05, 0) is 43.4 Å². The summed E-state index contributed by atoms with van der Waals surface area (Å²) in [7, 11) is 1.58. The Balaban J connectivity index is 1.67. The average molecular weight is 443 g/mol. The highest BCUT2D eigenvalue weighted by atomic mass is 16.6. The summed E-state index contributed by atoms with van der Waals surface area (Å²) >= 11 is 0. The second kappa shape index (κ2) is 8.12. The highest BCUT2D eigenvalue weighted by Gasteiger charge is 2.36. The van der Waals surface area contributed by atoms with E-state index in [1.54, 1.807) is 43.5 Å². The molecule has 2 atom stereocenters. The maximum absolute atomic E-state index is 12.8. The van der Waals surface area contributed by atoms with Crippen LogP contribution in [-0.4, -0.2) is 22.0 Å². The zero-order valence-corrected chi connectivity index (χ0v) is 18.1. The lowest BCUT2D eigenvalue weighted by atomic mass is 9.73. The maximum atomic E-state index is 12.8. The van der Waals surface area contributed by atoms with Crippen molar-refractivity contribution < 1.29 is 14.1 Å². The number of fused-ring (bicyclic) bond motifs is 2. The molecular formula is C25H21N3O5. The van der Waals surface area contributed by atoms with E-state index in [0.717, 1.165) is 16.8 Å². The normalized spacial score (nSPS) is 17.5. The summed E-state index contributed by atoms with van der Waals surface area (Å²) in [5.41, 5.74) is 3.14. The summed E-state index contributed by atoms with van der Waals surface area (Å²) in [5.74, 6) is 1.41. The molecule has 2 heterocycles. The van der Waals surface area contributed by atoms with Gasteiger partial charge in [0.2, 0.25) is 5.88 Å². The van der Waals surface area contributed by atoms with Crippen LogP contribution < -0.4 is 10.2 Å². The summed E-state index contributed by atoms with van der Waals surface area (Å²) < 4.78 is 11.8. The van der Waals surface area contributed by atoms with Crippen molar-refractivity contribution in [1.29, 1.82) is 0 Å². The molecule has 0 radical (unpaired) electrons. The number of aromatic nitrogens is 2. The molecule has 33 heavy (non-hydrogen) atoms. The Morgan fingerprint density at radius 3 is 2.55 bits per heavy atom.